The Balaban J connectivity index is 1.34. The number of nitrogens with one attached hydrogen (secondary N) is 1. The number of fused-ring (bicyclic) bond motifs is 3. The Kier molecular flexibility index (Phi) is 4.39. The summed E-state index contributed by atoms with van der Waals surface area (Å²) in [5, 5.41) is 3.31. The lowest BCUT2D eigenvalue weighted by Gasteiger charge is -2.66. The van der Waals surface area contributed by atoms with Crippen molar-refractivity contribution in [3.63, 3.8) is 0 Å². The number of halogens is 3. The third-order valence-electron chi connectivity index (χ3n) is 8.34. The second-order valence-corrected chi connectivity index (χ2v) is 10.2. The van der Waals surface area contributed by atoms with Crippen LogP contribution in [0.3, 0.4) is 0 Å². The topological polar surface area (TPSA) is 62.5 Å². The van der Waals surface area contributed by atoms with Crippen molar-refractivity contribution in [3.8, 4) is 0 Å². The molecule has 34 heavy (non-hydrogen) atoms. The number of hydrogen-bond donors (Lipinski definition) is 1. The highest BCUT2D eigenvalue weighted by Gasteiger charge is 2.68. The molecule has 0 radical (unpaired) electrons. The maximum atomic E-state index is 13.5. The molecule has 0 unspecified atom stereocenters. The van der Waals surface area contributed by atoms with Crippen molar-refractivity contribution in [1.82, 2.24) is 19.3 Å². The number of amides is 1. The van der Waals surface area contributed by atoms with Crippen LogP contribution in [-0.4, -0.2) is 25.2 Å². The highest BCUT2D eigenvalue weighted by atomic mass is 19.4. The minimum absolute atomic E-state index is 0.206. The Bertz CT molecular complexity index is 1320. The Morgan fingerprint density at radius 1 is 1.26 bits per heavy atom. The zero-order valence-electron chi connectivity index (χ0n) is 19.3. The van der Waals surface area contributed by atoms with Gasteiger partial charge in [-0.25, -0.2) is 4.98 Å². The smallest absolute Gasteiger partial charge is 0.363 e. The van der Waals surface area contributed by atoms with Crippen LogP contribution in [0, 0.1) is 24.2 Å². The Morgan fingerprint density at radius 2 is 2.03 bits per heavy atom. The summed E-state index contributed by atoms with van der Waals surface area (Å²) in [6.45, 7) is 6.85. The van der Waals surface area contributed by atoms with Gasteiger partial charge >= 0.3 is 6.18 Å². The number of aromatic nitrogens is 3. The maximum Gasteiger partial charge on any atom is 0.416 e. The second kappa shape index (κ2) is 6.96. The van der Waals surface area contributed by atoms with E-state index in [0.717, 1.165) is 41.9 Å². The largest absolute Gasteiger partial charge is 0.416 e. The monoisotopic (exact) mass is 469 g/mol. The summed E-state index contributed by atoms with van der Waals surface area (Å²) < 4.78 is 41.6. The number of anilines is 1. The van der Waals surface area contributed by atoms with E-state index in [9.17, 15) is 18.0 Å². The van der Waals surface area contributed by atoms with Gasteiger partial charge in [0.25, 0.3) is 0 Å². The molecule has 4 aliphatic rings. The van der Waals surface area contributed by atoms with Gasteiger partial charge in [0.15, 0.2) is 0 Å². The predicted molar refractivity (Wildman–Crippen MR) is 120 cm³/mol. The van der Waals surface area contributed by atoms with Crippen molar-refractivity contribution >= 4 is 17.5 Å². The molecule has 3 aliphatic carbocycles. The highest BCUT2D eigenvalue weighted by Crippen LogP contribution is 2.69. The molecule has 1 amide bonds. The van der Waals surface area contributed by atoms with Crippen molar-refractivity contribution in [2.75, 3.05) is 5.32 Å². The molecule has 3 saturated carbocycles. The van der Waals surface area contributed by atoms with Crippen LogP contribution in [0.4, 0.5) is 19.0 Å². The van der Waals surface area contributed by atoms with E-state index in [1.54, 1.807) is 12.3 Å². The fourth-order valence-electron chi connectivity index (χ4n) is 5.99. The molecule has 1 aliphatic heterocycles. The molecule has 2 aromatic heterocycles. The van der Waals surface area contributed by atoms with Crippen LogP contribution >= 0.6 is 0 Å². The van der Waals surface area contributed by atoms with Gasteiger partial charge < -0.3 is 10.2 Å². The third-order valence-corrected chi connectivity index (χ3v) is 8.34. The fraction of sp³-hybridized carbons (Fsp3) is 0.480. The first-order chi connectivity index (χ1) is 16.1. The van der Waals surface area contributed by atoms with Gasteiger partial charge in [0.05, 0.1) is 36.0 Å². The van der Waals surface area contributed by atoms with Crippen LogP contribution in [0.1, 0.15) is 60.8 Å². The quantitative estimate of drug-likeness (QED) is 0.576. The second-order valence-electron chi connectivity index (χ2n) is 10.2. The molecule has 9 heteroatoms. The first kappa shape index (κ1) is 21.4. The van der Waals surface area contributed by atoms with Crippen LogP contribution in [-0.2, 0) is 24.1 Å². The van der Waals surface area contributed by atoms with Gasteiger partial charge in [-0.05, 0) is 56.2 Å². The zero-order valence-corrected chi connectivity index (χ0v) is 19.3. The van der Waals surface area contributed by atoms with Crippen molar-refractivity contribution < 1.29 is 18.0 Å². The van der Waals surface area contributed by atoms with E-state index in [4.69, 9.17) is 4.98 Å². The zero-order chi connectivity index (χ0) is 24.0. The highest BCUT2D eigenvalue weighted by molar-refractivity contribution is 5.87. The number of aryl methyl sites for hydroxylation is 1. The summed E-state index contributed by atoms with van der Waals surface area (Å²) >= 11 is 0. The molecule has 3 heterocycles. The fourth-order valence-corrected chi connectivity index (χ4v) is 5.99. The van der Waals surface area contributed by atoms with Gasteiger partial charge in [-0.15, -0.1) is 0 Å². The molecular weight excluding hydrogens is 443 g/mol. The van der Waals surface area contributed by atoms with Crippen molar-refractivity contribution in [2.45, 2.75) is 58.9 Å². The lowest BCUT2D eigenvalue weighted by molar-refractivity contribution is -0.205. The summed E-state index contributed by atoms with van der Waals surface area (Å²) in [6, 6.07) is 4.91. The minimum atomic E-state index is -4.40. The number of alkyl halides is 3. The number of rotatable bonds is 4. The predicted octanol–water partition coefficient (Wildman–Crippen LogP) is 5.12. The standard InChI is InChI=1S/C25H26F3N5O/c1-13-10-29-23-31-21(30-15(3)16-5-4-6-18(7-16)25(26,27)28)19-11-32(12-20(19)33(13)23)22(34)24-8-17(9-24)14(24)2/h4-7,10,14-15,17H,8-9,11-12H2,1-3H3,(H,29,30,31)/t14-,15+,17?,24?/m0/s1. The van der Waals surface area contributed by atoms with Crippen molar-refractivity contribution in [2.24, 2.45) is 17.3 Å². The Morgan fingerprint density at radius 3 is 2.68 bits per heavy atom. The normalized spacial score (nSPS) is 26.1. The molecule has 1 aromatic carbocycles. The summed E-state index contributed by atoms with van der Waals surface area (Å²) in [6.07, 6.45) is -0.693. The first-order valence-corrected chi connectivity index (χ1v) is 11.7. The van der Waals surface area contributed by atoms with Gasteiger partial charge in [-0.2, -0.15) is 18.2 Å². The number of imidazole rings is 1. The molecule has 2 bridgehead atoms. The van der Waals surface area contributed by atoms with Crippen LogP contribution < -0.4 is 5.32 Å². The first-order valence-electron chi connectivity index (χ1n) is 11.7. The average Bonchev–Trinajstić information content (AvgIpc) is 3.36. The summed E-state index contributed by atoms with van der Waals surface area (Å²) in [7, 11) is 0. The summed E-state index contributed by atoms with van der Waals surface area (Å²) in [5.41, 5.74) is 2.43. The van der Waals surface area contributed by atoms with E-state index in [1.165, 1.54) is 6.07 Å². The molecule has 6 nitrogen and oxygen atoms in total. The van der Waals surface area contributed by atoms with Gasteiger partial charge in [-0.1, -0.05) is 19.1 Å². The molecule has 2 atom stereocenters. The number of nitrogens with zero attached hydrogens (tertiary/aromatic N) is 4. The van der Waals surface area contributed by atoms with E-state index in [2.05, 4.69) is 17.2 Å². The number of hydrogen-bond acceptors (Lipinski definition) is 4. The Hall–Kier alpha value is -3.10. The number of carbonyl (C=O) groups excluding carboxylic acids is 1. The van der Waals surface area contributed by atoms with Crippen LogP contribution in [0.2, 0.25) is 0 Å². The molecular formula is C25H26F3N5O. The molecule has 1 N–H and O–H groups in total. The van der Waals surface area contributed by atoms with Gasteiger partial charge in [-0.3, -0.25) is 9.20 Å². The molecule has 3 aromatic rings. The molecule has 0 spiro atoms. The SMILES string of the molecule is Cc1cnc2nc(N[C@H](C)c3cccc(C(F)(F)F)c3)c3c(n12)CN(C(=O)C12CC(C1)[C@@H]2C)C3. The summed E-state index contributed by atoms with van der Waals surface area (Å²) in [5.74, 6) is 2.42. The maximum absolute atomic E-state index is 13.5. The molecule has 7 rings (SSSR count). The third kappa shape index (κ3) is 2.91. The summed E-state index contributed by atoms with van der Waals surface area (Å²) in [4.78, 5) is 24.5. The lowest BCUT2D eigenvalue weighted by Crippen LogP contribution is -2.66. The lowest BCUT2D eigenvalue weighted by atomic mass is 9.37. The number of benzene rings is 1. The van der Waals surface area contributed by atoms with E-state index in [0.29, 0.717) is 42.1 Å². The van der Waals surface area contributed by atoms with Gasteiger partial charge in [0, 0.05) is 17.3 Å². The van der Waals surface area contributed by atoms with Crippen molar-refractivity contribution in [3.05, 3.63) is 58.5 Å². The van der Waals surface area contributed by atoms with E-state index < -0.39 is 17.8 Å². The Labute approximate surface area is 195 Å². The van der Waals surface area contributed by atoms with E-state index in [1.807, 2.05) is 23.1 Å². The molecule has 0 saturated heterocycles. The van der Waals surface area contributed by atoms with Crippen LogP contribution in [0.15, 0.2) is 30.5 Å². The molecule has 178 valence electrons. The molecule has 3 fully saturated rings. The van der Waals surface area contributed by atoms with Gasteiger partial charge in [0.2, 0.25) is 11.7 Å². The minimum Gasteiger partial charge on any atom is -0.363 e. The average molecular weight is 470 g/mol. The number of carbonyl (C=O) groups is 1. The van der Waals surface area contributed by atoms with Crippen molar-refractivity contribution in [1.29, 1.82) is 0 Å². The van der Waals surface area contributed by atoms with E-state index >= 15 is 0 Å². The van der Waals surface area contributed by atoms with Gasteiger partial charge in [0.1, 0.15) is 5.82 Å². The van der Waals surface area contributed by atoms with Crippen LogP contribution in [0.25, 0.3) is 5.78 Å². The van der Waals surface area contributed by atoms with Crippen LogP contribution in [0.5, 0.6) is 0 Å². The van der Waals surface area contributed by atoms with E-state index in [-0.39, 0.29) is 11.3 Å².